The topological polar surface area (TPSA) is 73.2 Å². The summed E-state index contributed by atoms with van der Waals surface area (Å²) in [6.07, 6.45) is 6.67. The van der Waals surface area contributed by atoms with Crippen LogP contribution in [0.4, 0.5) is 0 Å². The summed E-state index contributed by atoms with van der Waals surface area (Å²) in [6.45, 7) is 1.90. The normalized spacial score (nSPS) is 21.9. The van der Waals surface area contributed by atoms with Crippen LogP contribution in [0, 0.1) is 5.92 Å². The predicted octanol–water partition coefficient (Wildman–Crippen LogP) is 3.60. The zero-order valence-corrected chi connectivity index (χ0v) is 16.3. The number of hydrogen-bond donors (Lipinski definition) is 1. The van der Waals surface area contributed by atoms with Crippen molar-refractivity contribution in [2.24, 2.45) is 5.92 Å². The van der Waals surface area contributed by atoms with Crippen molar-refractivity contribution in [3.8, 4) is 5.69 Å². The highest BCUT2D eigenvalue weighted by atomic mass is 16.5. The third-order valence-electron chi connectivity index (χ3n) is 5.73. The zero-order valence-electron chi connectivity index (χ0n) is 16.3. The maximum Gasteiger partial charge on any atom is 0.357 e. The number of para-hydroxylation sites is 1. The van der Waals surface area contributed by atoms with Crippen LogP contribution in [0.5, 0.6) is 0 Å². The Hall–Kier alpha value is -2.63. The van der Waals surface area contributed by atoms with Crippen molar-refractivity contribution < 1.29 is 14.3 Å². The number of hydrogen-bond acceptors (Lipinski definition) is 4. The fourth-order valence-electron chi connectivity index (χ4n) is 3.87. The van der Waals surface area contributed by atoms with Crippen LogP contribution in [-0.4, -0.2) is 34.3 Å². The van der Waals surface area contributed by atoms with Gasteiger partial charge in [0.2, 0.25) is 0 Å². The van der Waals surface area contributed by atoms with Gasteiger partial charge < -0.3 is 10.1 Å². The molecule has 148 valence electrons. The van der Waals surface area contributed by atoms with Gasteiger partial charge in [-0.15, -0.1) is 0 Å². The molecule has 2 atom stereocenters. The molecule has 28 heavy (non-hydrogen) atoms. The molecule has 2 aromatic rings. The van der Waals surface area contributed by atoms with E-state index in [0.717, 1.165) is 43.5 Å². The van der Waals surface area contributed by atoms with Gasteiger partial charge in [0.25, 0.3) is 5.91 Å². The molecule has 1 aromatic heterocycles. The number of amides is 1. The van der Waals surface area contributed by atoms with Gasteiger partial charge in [-0.2, -0.15) is 5.10 Å². The van der Waals surface area contributed by atoms with Crippen LogP contribution in [0.25, 0.3) is 5.69 Å². The van der Waals surface area contributed by atoms with Crippen LogP contribution in [0.15, 0.2) is 36.4 Å². The number of carbonyl (C=O) groups is 2. The van der Waals surface area contributed by atoms with Crippen molar-refractivity contribution in [2.75, 3.05) is 6.61 Å². The van der Waals surface area contributed by atoms with Crippen LogP contribution in [0.3, 0.4) is 0 Å². The molecule has 1 aromatic carbocycles. The van der Waals surface area contributed by atoms with Crippen LogP contribution in [0.1, 0.15) is 67.5 Å². The van der Waals surface area contributed by atoms with Crippen molar-refractivity contribution in [2.45, 2.75) is 57.4 Å². The third-order valence-corrected chi connectivity index (χ3v) is 5.73. The molecule has 1 heterocycles. The molecule has 2 aliphatic rings. The van der Waals surface area contributed by atoms with E-state index in [1.165, 1.54) is 6.42 Å². The van der Waals surface area contributed by atoms with Gasteiger partial charge in [0.05, 0.1) is 11.4 Å². The van der Waals surface area contributed by atoms with Crippen molar-refractivity contribution in [1.29, 1.82) is 0 Å². The average molecular weight is 381 g/mol. The number of nitrogens with one attached hydrogen (secondary N) is 1. The fraction of sp³-hybridized carbons (Fsp3) is 0.500. The highest BCUT2D eigenvalue weighted by molar-refractivity contribution is 5.90. The number of esters is 1. The zero-order chi connectivity index (χ0) is 19.5. The highest BCUT2D eigenvalue weighted by Gasteiger charge is 2.30. The van der Waals surface area contributed by atoms with Gasteiger partial charge in [-0.1, -0.05) is 38.0 Å². The van der Waals surface area contributed by atoms with Crippen LogP contribution < -0.4 is 5.32 Å². The molecule has 0 radical (unpaired) electrons. The molecule has 0 aliphatic heterocycles. The maximum absolute atomic E-state index is 12.7. The number of nitrogens with zero attached hydrogens (tertiary/aromatic N) is 2. The summed E-state index contributed by atoms with van der Waals surface area (Å²) in [4.78, 5) is 25.0. The van der Waals surface area contributed by atoms with Gasteiger partial charge in [0.1, 0.15) is 0 Å². The number of aromatic nitrogens is 2. The molecule has 0 spiro atoms. The van der Waals surface area contributed by atoms with E-state index in [-0.39, 0.29) is 18.6 Å². The number of rotatable bonds is 6. The lowest BCUT2D eigenvalue weighted by molar-refractivity contribution is -0.125. The van der Waals surface area contributed by atoms with Gasteiger partial charge in [-0.05, 0) is 49.8 Å². The monoisotopic (exact) mass is 381 g/mol. The molecule has 0 unspecified atom stereocenters. The molecular formula is C22H27N3O3. The first-order chi connectivity index (χ1) is 13.6. The molecule has 1 N–H and O–H groups in total. The minimum atomic E-state index is -0.518. The second-order valence-electron chi connectivity index (χ2n) is 7.99. The van der Waals surface area contributed by atoms with Gasteiger partial charge in [-0.25, -0.2) is 9.48 Å². The van der Waals surface area contributed by atoms with E-state index in [1.54, 1.807) is 10.7 Å². The van der Waals surface area contributed by atoms with Crippen molar-refractivity contribution in [1.82, 2.24) is 15.1 Å². The lowest BCUT2D eigenvalue weighted by Gasteiger charge is -2.29. The average Bonchev–Trinajstić information content (AvgIpc) is 3.47. The Balaban J connectivity index is 1.42. The largest absolute Gasteiger partial charge is 0.451 e. The lowest BCUT2D eigenvalue weighted by Crippen LogP contribution is -2.42. The molecule has 2 saturated carbocycles. The standard InChI is InChI=1S/C22H27N3O3/c1-15-7-5-6-10-18(15)23-21(26)14-28-22(27)20-13-19(16-11-12-16)24-25(20)17-8-3-2-4-9-17/h2-4,8-9,13,15-16,18H,5-7,10-12,14H2,1H3,(H,23,26)/t15-,18+/m1/s1. The van der Waals surface area contributed by atoms with Crippen LogP contribution >= 0.6 is 0 Å². The van der Waals surface area contributed by atoms with Gasteiger partial charge in [0, 0.05) is 12.0 Å². The SMILES string of the molecule is C[C@@H]1CCCC[C@@H]1NC(=O)COC(=O)c1cc(C2CC2)nn1-c1ccccc1. The minimum absolute atomic E-state index is 0.177. The predicted molar refractivity (Wildman–Crippen MR) is 105 cm³/mol. The first kappa shape index (κ1) is 18.7. The van der Waals surface area contributed by atoms with E-state index in [0.29, 0.717) is 17.5 Å². The van der Waals surface area contributed by atoms with Gasteiger partial charge in [-0.3, -0.25) is 4.79 Å². The van der Waals surface area contributed by atoms with E-state index < -0.39 is 5.97 Å². The number of ether oxygens (including phenoxy) is 1. The molecular weight excluding hydrogens is 354 g/mol. The van der Waals surface area contributed by atoms with Crippen LogP contribution in [0.2, 0.25) is 0 Å². The summed E-state index contributed by atoms with van der Waals surface area (Å²) in [5.41, 5.74) is 2.09. The highest BCUT2D eigenvalue weighted by Crippen LogP contribution is 2.39. The van der Waals surface area contributed by atoms with Gasteiger partial charge >= 0.3 is 5.97 Å². The Bertz CT molecular complexity index is 842. The summed E-state index contributed by atoms with van der Waals surface area (Å²) in [7, 11) is 0. The molecule has 4 rings (SSSR count). The van der Waals surface area contributed by atoms with E-state index in [9.17, 15) is 9.59 Å². The molecule has 2 aliphatic carbocycles. The van der Waals surface area contributed by atoms with E-state index in [4.69, 9.17) is 4.74 Å². The quantitative estimate of drug-likeness (QED) is 0.776. The van der Waals surface area contributed by atoms with Crippen LogP contribution in [-0.2, 0) is 9.53 Å². The lowest BCUT2D eigenvalue weighted by atomic mass is 9.86. The summed E-state index contributed by atoms with van der Waals surface area (Å²) in [5.74, 6) is 0.136. The fourth-order valence-corrected chi connectivity index (χ4v) is 3.87. The van der Waals surface area contributed by atoms with Gasteiger partial charge in [0.15, 0.2) is 12.3 Å². The Morgan fingerprint density at radius 1 is 1.14 bits per heavy atom. The van der Waals surface area contributed by atoms with Crippen molar-refractivity contribution >= 4 is 11.9 Å². The number of carbonyl (C=O) groups excluding carboxylic acids is 2. The van der Waals surface area contributed by atoms with E-state index in [2.05, 4.69) is 17.3 Å². The molecule has 0 bridgehead atoms. The summed E-state index contributed by atoms with van der Waals surface area (Å²) in [6, 6.07) is 11.5. The summed E-state index contributed by atoms with van der Waals surface area (Å²) < 4.78 is 6.95. The second kappa shape index (κ2) is 8.17. The second-order valence-corrected chi connectivity index (χ2v) is 7.99. The molecule has 1 amide bonds. The molecule has 2 fully saturated rings. The van der Waals surface area contributed by atoms with Crippen molar-refractivity contribution in [3.63, 3.8) is 0 Å². The third kappa shape index (κ3) is 4.26. The Morgan fingerprint density at radius 2 is 1.89 bits per heavy atom. The smallest absolute Gasteiger partial charge is 0.357 e. The Kier molecular flexibility index (Phi) is 5.46. The maximum atomic E-state index is 12.7. The first-order valence-electron chi connectivity index (χ1n) is 10.2. The Labute approximate surface area is 165 Å². The van der Waals surface area contributed by atoms with E-state index >= 15 is 0 Å². The Morgan fingerprint density at radius 3 is 2.61 bits per heavy atom. The minimum Gasteiger partial charge on any atom is -0.451 e. The molecule has 6 nitrogen and oxygen atoms in total. The van der Waals surface area contributed by atoms with Crippen molar-refractivity contribution in [3.05, 3.63) is 47.8 Å². The molecule has 0 saturated heterocycles. The first-order valence-corrected chi connectivity index (χ1v) is 10.2. The van der Waals surface area contributed by atoms with E-state index in [1.807, 2.05) is 30.3 Å². The molecule has 6 heteroatoms. The summed E-state index contributed by atoms with van der Waals surface area (Å²) >= 11 is 0. The number of benzene rings is 1. The summed E-state index contributed by atoms with van der Waals surface area (Å²) in [5, 5.41) is 7.63.